The molecule has 0 spiro atoms. The molecule has 2 aliphatic heterocycles. The fraction of sp³-hybridized carbons (Fsp3) is 0.389. The van der Waals surface area contributed by atoms with Gasteiger partial charge < -0.3 is 4.90 Å². The second-order valence-corrected chi connectivity index (χ2v) is 6.69. The molecule has 3 rings (SSSR count). The maximum absolute atomic E-state index is 12.9. The molecule has 6 heteroatoms. The van der Waals surface area contributed by atoms with Crippen LogP contribution in [-0.4, -0.2) is 34.9 Å². The van der Waals surface area contributed by atoms with Gasteiger partial charge in [-0.25, -0.2) is 0 Å². The summed E-state index contributed by atoms with van der Waals surface area (Å²) in [7, 11) is 0. The second kappa shape index (κ2) is 6.73. The summed E-state index contributed by atoms with van der Waals surface area (Å²) < 4.78 is 0. The summed E-state index contributed by atoms with van der Waals surface area (Å²) in [4.78, 5) is 28.6. The van der Waals surface area contributed by atoms with Gasteiger partial charge in [-0.15, -0.1) is 0 Å². The van der Waals surface area contributed by atoms with Gasteiger partial charge in [-0.2, -0.15) is 0 Å². The van der Waals surface area contributed by atoms with E-state index in [2.05, 4.69) is 5.32 Å². The number of hydrogen-bond donors (Lipinski definition) is 1. The first kappa shape index (κ1) is 16.6. The summed E-state index contributed by atoms with van der Waals surface area (Å²) in [5.74, 6) is -0.784. The number of nitrogens with one attached hydrogen (secondary N) is 1. The maximum atomic E-state index is 12.9. The van der Waals surface area contributed by atoms with Gasteiger partial charge in [0.1, 0.15) is 5.57 Å². The van der Waals surface area contributed by atoms with Crippen LogP contribution < -0.4 is 10.2 Å². The van der Waals surface area contributed by atoms with Gasteiger partial charge in [0.15, 0.2) is 5.11 Å². The highest BCUT2D eigenvalue weighted by atomic mass is 32.1. The molecule has 1 N–H and O–H groups in total. The minimum absolute atomic E-state index is 0.129. The van der Waals surface area contributed by atoms with E-state index in [4.69, 9.17) is 12.2 Å². The molecule has 24 heavy (non-hydrogen) atoms. The lowest BCUT2D eigenvalue weighted by atomic mass is 10.1. The van der Waals surface area contributed by atoms with Crippen molar-refractivity contribution in [3.05, 3.63) is 41.1 Å². The van der Waals surface area contributed by atoms with E-state index in [0.717, 1.165) is 37.1 Å². The number of anilines is 1. The zero-order valence-electron chi connectivity index (χ0n) is 14.0. The van der Waals surface area contributed by atoms with Gasteiger partial charge in [-0.3, -0.25) is 19.8 Å². The molecule has 2 amide bonds. The van der Waals surface area contributed by atoms with Gasteiger partial charge in [0, 0.05) is 19.3 Å². The lowest BCUT2D eigenvalue weighted by Gasteiger charge is -2.31. The van der Waals surface area contributed by atoms with Crippen molar-refractivity contribution < 1.29 is 9.59 Å². The summed E-state index contributed by atoms with van der Waals surface area (Å²) in [5.41, 5.74) is 3.03. The molecule has 0 bridgehead atoms. The molecule has 0 atom stereocenters. The molecule has 2 saturated heterocycles. The van der Waals surface area contributed by atoms with E-state index in [0.29, 0.717) is 5.69 Å². The minimum Gasteiger partial charge on any atom is -0.377 e. The van der Waals surface area contributed by atoms with Crippen LogP contribution in [0.2, 0.25) is 0 Å². The molecule has 0 aromatic heterocycles. The monoisotopic (exact) mass is 343 g/mol. The Balaban J connectivity index is 1.93. The molecule has 2 aliphatic rings. The molecule has 126 valence electrons. The van der Waals surface area contributed by atoms with Gasteiger partial charge in [-0.1, -0.05) is 6.07 Å². The zero-order valence-corrected chi connectivity index (χ0v) is 14.8. The largest absolute Gasteiger partial charge is 0.377 e. The highest BCUT2D eigenvalue weighted by Gasteiger charge is 2.35. The number of rotatable bonds is 2. The third kappa shape index (κ3) is 3.19. The minimum atomic E-state index is -0.421. The van der Waals surface area contributed by atoms with E-state index in [9.17, 15) is 9.59 Å². The fourth-order valence-corrected chi connectivity index (χ4v) is 3.25. The highest BCUT2D eigenvalue weighted by molar-refractivity contribution is 7.80. The number of piperidine rings is 1. The molecular formula is C18H21N3O2S. The average molecular weight is 343 g/mol. The smallest absolute Gasteiger partial charge is 0.271 e. The average Bonchev–Trinajstić information content (AvgIpc) is 2.55. The van der Waals surface area contributed by atoms with Gasteiger partial charge in [0.25, 0.3) is 11.8 Å². The van der Waals surface area contributed by atoms with Crippen LogP contribution in [0.25, 0.3) is 0 Å². The summed E-state index contributed by atoms with van der Waals surface area (Å²) in [6.45, 7) is 5.74. The third-order valence-corrected chi connectivity index (χ3v) is 4.84. The van der Waals surface area contributed by atoms with Crippen LogP contribution >= 0.6 is 12.2 Å². The predicted octanol–water partition coefficient (Wildman–Crippen LogP) is 2.42. The standard InChI is InChI=1S/C18H21N3O2S/c1-12-6-7-14(10-13(12)2)21-17(23)15(16(22)19-18(21)24)11-20-8-4-3-5-9-20/h6-7,10-11H,3-5,8-9H2,1-2H3,(H,19,22,24)/b15-11+. The molecule has 1 aromatic carbocycles. The van der Waals surface area contributed by atoms with Gasteiger partial charge in [0.2, 0.25) is 0 Å². The van der Waals surface area contributed by atoms with Crippen molar-refractivity contribution in [1.29, 1.82) is 0 Å². The number of nitrogens with zero attached hydrogens (tertiary/aromatic N) is 2. The van der Waals surface area contributed by atoms with Crippen LogP contribution in [0.1, 0.15) is 30.4 Å². The predicted molar refractivity (Wildman–Crippen MR) is 97.6 cm³/mol. The van der Waals surface area contributed by atoms with Gasteiger partial charge >= 0.3 is 0 Å². The first-order valence-corrected chi connectivity index (χ1v) is 8.61. The van der Waals surface area contributed by atoms with Gasteiger partial charge in [0.05, 0.1) is 5.69 Å². The van der Waals surface area contributed by atoms with Crippen LogP contribution in [-0.2, 0) is 9.59 Å². The summed E-state index contributed by atoms with van der Waals surface area (Å²) >= 11 is 5.23. The van der Waals surface area contributed by atoms with E-state index in [1.807, 2.05) is 36.9 Å². The highest BCUT2D eigenvalue weighted by Crippen LogP contribution is 2.24. The lowest BCUT2D eigenvalue weighted by molar-refractivity contribution is -0.122. The van der Waals surface area contributed by atoms with Crippen LogP contribution in [0.5, 0.6) is 0 Å². The van der Waals surface area contributed by atoms with Gasteiger partial charge in [-0.05, 0) is 68.6 Å². The normalized spacial score (nSPS) is 20.6. The molecule has 2 heterocycles. The molecule has 5 nitrogen and oxygen atoms in total. The number of benzene rings is 1. The Morgan fingerprint density at radius 1 is 1.08 bits per heavy atom. The molecule has 1 aromatic rings. The number of aryl methyl sites for hydroxylation is 2. The maximum Gasteiger partial charge on any atom is 0.271 e. The Morgan fingerprint density at radius 3 is 2.46 bits per heavy atom. The summed E-state index contributed by atoms with van der Waals surface area (Å²) in [6.07, 6.45) is 5.04. The van der Waals surface area contributed by atoms with E-state index in [-0.39, 0.29) is 16.6 Å². The number of thiocarbonyl (C=S) groups is 1. The molecule has 2 fully saturated rings. The number of hydrogen-bond acceptors (Lipinski definition) is 4. The molecular weight excluding hydrogens is 322 g/mol. The Kier molecular flexibility index (Phi) is 4.66. The number of likely N-dealkylation sites (tertiary alicyclic amines) is 1. The second-order valence-electron chi connectivity index (χ2n) is 6.31. The van der Waals surface area contributed by atoms with Crippen molar-refractivity contribution in [3.63, 3.8) is 0 Å². The van der Waals surface area contributed by atoms with Crippen LogP contribution in [0.3, 0.4) is 0 Å². The quantitative estimate of drug-likeness (QED) is 0.509. The van der Waals surface area contributed by atoms with Crippen LogP contribution in [0.4, 0.5) is 5.69 Å². The Labute approximate surface area is 147 Å². The number of amides is 2. The molecule has 0 radical (unpaired) electrons. The van der Waals surface area contributed by atoms with Crippen molar-refractivity contribution in [1.82, 2.24) is 10.2 Å². The Morgan fingerprint density at radius 2 is 1.79 bits per heavy atom. The van der Waals surface area contributed by atoms with E-state index in [1.54, 1.807) is 6.20 Å². The molecule has 0 saturated carbocycles. The van der Waals surface area contributed by atoms with Crippen molar-refractivity contribution in [2.75, 3.05) is 18.0 Å². The van der Waals surface area contributed by atoms with Crippen molar-refractivity contribution in [2.24, 2.45) is 0 Å². The van der Waals surface area contributed by atoms with Crippen molar-refractivity contribution in [2.45, 2.75) is 33.1 Å². The SMILES string of the molecule is Cc1ccc(N2C(=O)/C(=C/N3CCCCC3)C(=O)NC2=S)cc1C. The first-order chi connectivity index (χ1) is 11.5. The summed E-state index contributed by atoms with van der Waals surface area (Å²) in [5, 5.41) is 2.76. The van der Waals surface area contributed by atoms with Crippen molar-refractivity contribution >= 4 is 34.8 Å². The van der Waals surface area contributed by atoms with Crippen LogP contribution in [0.15, 0.2) is 30.0 Å². The summed E-state index contributed by atoms with van der Waals surface area (Å²) in [6, 6.07) is 5.71. The zero-order chi connectivity index (χ0) is 17.3. The molecule has 0 aliphatic carbocycles. The Hall–Kier alpha value is -2.21. The van der Waals surface area contributed by atoms with E-state index in [1.165, 1.54) is 11.3 Å². The van der Waals surface area contributed by atoms with Crippen molar-refractivity contribution in [3.8, 4) is 0 Å². The molecule has 0 unspecified atom stereocenters. The topological polar surface area (TPSA) is 52.7 Å². The fourth-order valence-electron chi connectivity index (χ4n) is 2.97. The first-order valence-electron chi connectivity index (χ1n) is 8.20. The number of carbonyl (C=O) groups is 2. The van der Waals surface area contributed by atoms with Crippen LogP contribution in [0, 0.1) is 13.8 Å². The van der Waals surface area contributed by atoms with E-state index >= 15 is 0 Å². The number of carbonyl (C=O) groups excluding carboxylic acids is 2. The van der Waals surface area contributed by atoms with E-state index < -0.39 is 5.91 Å². The Bertz CT molecular complexity index is 736. The lowest BCUT2D eigenvalue weighted by Crippen LogP contribution is -2.54. The third-order valence-electron chi connectivity index (χ3n) is 4.55.